The minimum Gasteiger partial charge on any atom is -0.396 e. The summed E-state index contributed by atoms with van der Waals surface area (Å²) in [5.74, 6) is 0.0512. The van der Waals surface area contributed by atoms with Crippen LogP contribution in [-0.2, 0) is 15.9 Å². The number of carbonyl (C=O) groups excluding carboxylic acids is 1. The summed E-state index contributed by atoms with van der Waals surface area (Å²) in [6.45, 7) is 1.16. The number of aliphatic hydroxyl groups excluding tert-OH is 1. The van der Waals surface area contributed by atoms with E-state index in [9.17, 15) is 4.79 Å². The first-order valence-electron chi connectivity index (χ1n) is 7.91. The first-order valence-corrected chi connectivity index (χ1v) is 9.11. The lowest BCUT2D eigenvalue weighted by Gasteiger charge is -2.04. The molecule has 24 heavy (non-hydrogen) atoms. The summed E-state index contributed by atoms with van der Waals surface area (Å²) >= 11 is 7.48. The molecule has 4 nitrogen and oxygen atoms in total. The number of benzene rings is 1. The van der Waals surface area contributed by atoms with Crippen molar-refractivity contribution < 1.29 is 19.4 Å². The normalized spacial score (nSPS) is 15.1. The Bertz CT molecular complexity index is 707. The number of Topliss-reactive ketones (excluding diaryl/α,β-unsaturated/α-hetero) is 1. The van der Waals surface area contributed by atoms with Crippen LogP contribution in [0.5, 0.6) is 0 Å². The topological polar surface area (TPSA) is 55.8 Å². The molecule has 1 aliphatic rings. The zero-order valence-electron chi connectivity index (χ0n) is 13.2. The van der Waals surface area contributed by atoms with E-state index in [2.05, 4.69) is 0 Å². The third kappa shape index (κ3) is 4.23. The molecule has 6 heteroatoms. The Morgan fingerprint density at radius 3 is 2.79 bits per heavy atom. The SMILES string of the molecule is O=C(CCCO)c1sc(C2OCCO2)cc1Cc1cccc(Cl)c1. The first-order chi connectivity index (χ1) is 11.7. The van der Waals surface area contributed by atoms with Crippen LogP contribution in [0.2, 0.25) is 5.02 Å². The van der Waals surface area contributed by atoms with Gasteiger partial charge in [-0.15, -0.1) is 11.3 Å². The minimum atomic E-state index is -0.382. The van der Waals surface area contributed by atoms with Crippen molar-refractivity contribution in [3.05, 3.63) is 56.2 Å². The van der Waals surface area contributed by atoms with Gasteiger partial charge < -0.3 is 14.6 Å². The molecule has 2 heterocycles. The van der Waals surface area contributed by atoms with Crippen LogP contribution in [0.1, 0.15) is 44.8 Å². The summed E-state index contributed by atoms with van der Waals surface area (Å²) in [5, 5.41) is 9.65. The number of rotatable bonds is 7. The molecule has 0 spiro atoms. The Balaban J connectivity index is 1.87. The average molecular weight is 367 g/mol. The van der Waals surface area contributed by atoms with Crippen LogP contribution >= 0.6 is 22.9 Å². The molecule has 1 N–H and O–H groups in total. The van der Waals surface area contributed by atoms with Crippen molar-refractivity contribution in [3.63, 3.8) is 0 Å². The highest BCUT2D eigenvalue weighted by atomic mass is 35.5. The fraction of sp³-hybridized carbons (Fsp3) is 0.389. The van der Waals surface area contributed by atoms with Gasteiger partial charge in [-0.2, -0.15) is 0 Å². The number of aliphatic hydroxyl groups is 1. The number of ether oxygens (including phenoxy) is 2. The second-order valence-electron chi connectivity index (χ2n) is 5.63. The maximum atomic E-state index is 12.5. The highest BCUT2D eigenvalue weighted by Gasteiger charge is 2.24. The van der Waals surface area contributed by atoms with Gasteiger partial charge in [0.05, 0.1) is 23.0 Å². The highest BCUT2D eigenvalue weighted by Crippen LogP contribution is 2.34. The standard InChI is InChI=1S/C18H19ClO4S/c19-14-4-1-3-12(10-14)9-13-11-16(18-22-7-8-23-18)24-17(13)15(21)5-2-6-20/h1,3-4,10-11,18,20H,2,5-9H2. The summed E-state index contributed by atoms with van der Waals surface area (Å²) in [4.78, 5) is 14.1. The monoisotopic (exact) mass is 366 g/mol. The Kier molecular flexibility index (Phi) is 6.03. The van der Waals surface area contributed by atoms with E-state index in [0.29, 0.717) is 37.5 Å². The van der Waals surface area contributed by atoms with E-state index < -0.39 is 0 Å². The van der Waals surface area contributed by atoms with E-state index in [1.807, 2.05) is 30.3 Å². The van der Waals surface area contributed by atoms with Gasteiger partial charge >= 0.3 is 0 Å². The van der Waals surface area contributed by atoms with Gasteiger partial charge in [-0.25, -0.2) is 0 Å². The van der Waals surface area contributed by atoms with Crippen molar-refractivity contribution >= 4 is 28.7 Å². The van der Waals surface area contributed by atoms with E-state index >= 15 is 0 Å². The maximum absolute atomic E-state index is 12.5. The van der Waals surface area contributed by atoms with Crippen molar-refractivity contribution in [1.29, 1.82) is 0 Å². The van der Waals surface area contributed by atoms with Gasteiger partial charge in [0.1, 0.15) is 0 Å². The first kappa shape index (κ1) is 17.6. The molecule has 0 amide bonds. The molecule has 0 atom stereocenters. The Labute approximate surface area is 150 Å². The molecule has 1 fully saturated rings. The molecule has 0 radical (unpaired) electrons. The summed E-state index contributed by atoms with van der Waals surface area (Å²) in [7, 11) is 0. The molecule has 0 aliphatic carbocycles. The molecular weight excluding hydrogens is 348 g/mol. The molecular formula is C18H19ClO4S. The Morgan fingerprint density at radius 2 is 2.08 bits per heavy atom. The second-order valence-corrected chi connectivity index (χ2v) is 7.15. The molecule has 0 unspecified atom stereocenters. The number of ketones is 1. The summed E-state index contributed by atoms with van der Waals surface area (Å²) < 4.78 is 11.1. The fourth-order valence-corrected chi connectivity index (χ4v) is 4.04. The zero-order chi connectivity index (χ0) is 16.9. The van der Waals surface area contributed by atoms with Crippen molar-refractivity contribution in [1.82, 2.24) is 0 Å². The molecule has 1 aromatic carbocycles. The lowest BCUT2D eigenvalue weighted by molar-refractivity contribution is -0.0413. The quantitative estimate of drug-likeness (QED) is 0.753. The third-order valence-corrected chi connectivity index (χ3v) is 5.26. The van der Waals surface area contributed by atoms with Gasteiger partial charge in [-0.1, -0.05) is 23.7 Å². The lowest BCUT2D eigenvalue weighted by Crippen LogP contribution is -2.01. The van der Waals surface area contributed by atoms with Crippen LogP contribution in [0.4, 0.5) is 0 Å². The molecule has 0 saturated carbocycles. The van der Waals surface area contributed by atoms with Crippen molar-refractivity contribution in [2.24, 2.45) is 0 Å². The van der Waals surface area contributed by atoms with Gasteiger partial charge in [0, 0.05) is 18.1 Å². The van der Waals surface area contributed by atoms with Crippen molar-refractivity contribution in [3.8, 4) is 0 Å². The predicted octanol–water partition coefficient (Wildman–Crippen LogP) is 3.99. The molecule has 1 saturated heterocycles. The number of halogens is 1. The van der Waals surface area contributed by atoms with E-state index in [-0.39, 0.29) is 18.7 Å². The fourth-order valence-electron chi connectivity index (χ4n) is 2.68. The van der Waals surface area contributed by atoms with Crippen LogP contribution in [0.15, 0.2) is 30.3 Å². The number of hydrogen-bond donors (Lipinski definition) is 1. The van der Waals surface area contributed by atoms with Gasteiger partial charge in [0.25, 0.3) is 0 Å². The Hall–Kier alpha value is -1.24. The number of hydrogen-bond acceptors (Lipinski definition) is 5. The summed E-state index contributed by atoms with van der Waals surface area (Å²) in [5.41, 5.74) is 2.01. The van der Waals surface area contributed by atoms with Crippen LogP contribution < -0.4 is 0 Å². The van der Waals surface area contributed by atoms with Gasteiger partial charge in [-0.05, 0) is 42.2 Å². The largest absolute Gasteiger partial charge is 0.396 e. The van der Waals surface area contributed by atoms with Crippen LogP contribution in [0.25, 0.3) is 0 Å². The van der Waals surface area contributed by atoms with Crippen molar-refractivity contribution in [2.75, 3.05) is 19.8 Å². The molecule has 3 rings (SSSR count). The van der Waals surface area contributed by atoms with Crippen LogP contribution in [-0.4, -0.2) is 30.7 Å². The van der Waals surface area contributed by atoms with Crippen LogP contribution in [0, 0.1) is 0 Å². The van der Waals surface area contributed by atoms with E-state index in [0.717, 1.165) is 20.9 Å². The average Bonchev–Trinajstić information content (AvgIpc) is 3.22. The Morgan fingerprint density at radius 1 is 1.29 bits per heavy atom. The smallest absolute Gasteiger partial charge is 0.193 e. The molecule has 1 aliphatic heterocycles. The minimum absolute atomic E-state index is 0.0163. The molecule has 128 valence electrons. The molecule has 0 bridgehead atoms. The predicted molar refractivity (Wildman–Crippen MR) is 93.9 cm³/mol. The van der Waals surface area contributed by atoms with Gasteiger partial charge in [-0.3, -0.25) is 4.79 Å². The summed E-state index contributed by atoms with van der Waals surface area (Å²) in [6.07, 6.45) is 1.06. The van der Waals surface area contributed by atoms with E-state index in [4.69, 9.17) is 26.2 Å². The van der Waals surface area contributed by atoms with E-state index in [1.165, 1.54) is 11.3 Å². The van der Waals surface area contributed by atoms with Gasteiger partial charge in [0.2, 0.25) is 0 Å². The molecule has 1 aromatic heterocycles. The van der Waals surface area contributed by atoms with Gasteiger partial charge in [0.15, 0.2) is 12.1 Å². The highest BCUT2D eigenvalue weighted by molar-refractivity contribution is 7.14. The summed E-state index contributed by atoms with van der Waals surface area (Å²) in [6, 6.07) is 9.63. The van der Waals surface area contributed by atoms with Crippen molar-refractivity contribution in [2.45, 2.75) is 25.6 Å². The maximum Gasteiger partial charge on any atom is 0.193 e. The van der Waals surface area contributed by atoms with Crippen LogP contribution in [0.3, 0.4) is 0 Å². The third-order valence-electron chi connectivity index (χ3n) is 3.78. The number of carbonyl (C=O) groups is 1. The second kappa shape index (κ2) is 8.23. The zero-order valence-corrected chi connectivity index (χ0v) is 14.7. The number of thiophene rings is 1. The molecule has 2 aromatic rings. The van der Waals surface area contributed by atoms with E-state index in [1.54, 1.807) is 0 Å². The lowest BCUT2D eigenvalue weighted by atomic mass is 10.0.